The largest absolute Gasteiger partial charge is 0.573 e. The molecular weight excluding hydrogens is 451 g/mol. The Balaban J connectivity index is 0.00000306. The van der Waals surface area contributed by atoms with Crippen molar-refractivity contribution in [2.75, 3.05) is 6.54 Å². The molecular formula is C26H25ClF3NO2. The van der Waals surface area contributed by atoms with Gasteiger partial charge in [0.15, 0.2) is 0 Å². The fraction of sp³-hybridized carbons (Fsp3) is 0.231. The minimum Gasteiger partial charge on any atom is -0.461 e. The molecule has 0 fully saturated rings. The molecule has 0 bridgehead atoms. The Hall–Kier alpha value is -2.96. The van der Waals surface area contributed by atoms with Crippen LogP contribution >= 0.6 is 12.4 Å². The summed E-state index contributed by atoms with van der Waals surface area (Å²) >= 11 is 0. The summed E-state index contributed by atoms with van der Waals surface area (Å²) in [4.78, 5) is 0. The van der Waals surface area contributed by atoms with Crippen LogP contribution in [0.3, 0.4) is 0 Å². The minimum absolute atomic E-state index is 0. The van der Waals surface area contributed by atoms with E-state index in [1.165, 1.54) is 28.8 Å². The third-order valence-electron chi connectivity index (χ3n) is 5.38. The van der Waals surface area contributed by atoms with Crippen LogP contribution in [0.4, 0.5) is 13.2 Å². The fourth-order valence-electron chi connectivity index (χ4n) is 3.80. The van der Waals surface area contributed by atoms with Crippen LogP contribution in [0.25, 0.3) is 22.5 Å². The average Bonchev–Trinajstić information content (AvgIpc) is 3.32. The van der Waals surface area contributed by atoms with E-state index in [0.717, 1.165) is 25.1 Å². The molecule has 1 unspecified atom stereocenters. The van der Waals surface area contributed by atoms with Crippen molar-refractivity contribution in [1.29, 1.82) is 0 Å². The lowest BCUT2D eigenvalue weighted by molar-refractivity contribution is -0.274. The molecule has 1 N–H and O–H groups in total. The van der Waals surface area contributed by atoms with Crippen LogP contribution in [0, 0.1) is 0 Å². The van der Waals surface area contributed by atoms with Gasteiger partial charge in [0.25, 0.3) is 0 Å². The van der Waals surface area contributed by atoms with Gasteiger partial charge in [0.2, 0.25) is 0 Å². The molecule has 1 atom stereocenters. The smallest absolute Gasteiger partial charge is 0.461 e. The first kappa shape index (κ1) is 24.7. The first-order valence-electron chi connectivity index (χ1n) is 10.5. The Bertz CT molecular complexity index is 1120. The lowest BCUT2D eigenvalue weighted by atomic mass is 10.0. The van der Waals surface area contributed by atoms with Gasteiger partial charge in [-0.2, -0.15) is 0 Å². The van der Waals surface area contributed by atoms with Crippen molar-refractivity contribution in [2.24, 2.45) is 0 Å². The van der Waals surface area contributed by atoms with E-state index >= 15 is 0 Å². The molecule has 2 aliphatic carbocycles. The lowest BCUT2D eigenvalue weighted by Crippen LogP contribution is -2.20. The van der Waals surface area contributed by atoms with Crippen LogP contribution in [0.15, 0.2) is 83.3 Å². The van der Waals surface area contributed by atoms with Crippen molar-refractivity contribution in [1.82, 2.24) is 5.32 Å². The lowest BCUT2D eigenvalue weighted by Gasteiger charge is -2.14. The molecule has 0 aliphatic heterocycles. The van der Waals surface area contributed by atoms with Crippen molar-refractivity contribution >= 4 is 12.4 Å². The van der Waals surface area contributed by atoms with Gasteiger partial charge in [0.1, 0.15) is 17.3 Å². The highest BCUT2D eigenvalue weighted by atomic mass is 35.5. The number of ether oxygens (including phenoxy) is 1. The van der Waals surface area contributed by atoms with Gasteiger partial charge in [-0.1, -0.05) is 42.5 Å². The quantitative estimate of drug-likeness (QED) is 0.266. The normalized spacial score (nSPS) is 12.4. The molecule has 7 heteroatoms. The number of fused-ring (bicyclic) bond motifs is 1. The third-order valence-corrected chi connectivity index (χ3v) is 5.38. The van der Waals surface area contributed by atoms with Gasteiger partial charge < -0.3 is 14.5 Å². The Kier molecular flexibility index (Phi) is 8.06. The number of nitrogens with one attached hydrogen (secondary N) is 1. The monoisotopic (exact) mass is 475 g/mol. The zero-order valence-electron chi connectivity index (χ0n) is 18.1. The molecule has 3 nitrogen and oxygen atoms in total. The third kappa shape index (κ3) is 6.53. The van der Waals surface area contributed by atoms with Crippen LogP contribution in [0.2, 0.25) is 0 Å². The zero-order valence-corrected chi connectivity index (χ0v) is 18.9. The number of furan rings is 1. The van der Waals surface area contributed by atoms with E-state index in [0.29, 0.717) is 11.3 Å². The second kappa shape index (κ2) is 10.8. The number of aryl methyl sites for hydroxylation is 1. The van der Waals surface area contributed by atoms with Gasteiger partial charge in [0, 0.05) is 18.0 Å². The highest BCUT2D eigenvalue weighted by Crippen LogP contribution is 2.31. The standard InChI is InChI=1S/C26H24F3NO2.ClH/c1-18(23-15-11-19-6-3-2-4-8-24(19)23)30-17-5-7-21-14-16-25(31-21)20-9-12-22(13-10-20)32-26(27,28)29;/h2-4,6,8-16,18,30H,5,7,17H2,1H3;1H. The zero-order chi connectivity index (χ0) is 22.6. The summed E-state index contributed by atoms with van der Waals surface area (Å²) in [5, 5.41) is 3.57. The van der Waals surface area contributed by atoms with E-state index in [1.54, 1.807) is 12.1 Å². The molecule has 2 aromatic rings. The summed E-state index contributed by atoms with van der Waals surface area (Å²) < 4.78 is 46.6. The predicted molar refractivity (Wildman–Crippen MR) is 126 cm³/mol. The Morgan fingerprint density at radius 1 is 0.879 bits per heavy atom. The Morgan fingerprint density at radius 3 is 2.36 bits per heavy atom. The second-order valence-electron chi connectivity index (χ2n) is 7.69. The van der Waals surface area contributed by atoms with Crippen LogP contribution < -0.4 is 10.1 Å². The number of hydrogen-bond donors (Lipinski definition) is 1. The van der Waals surface area contributed by atoms with Crippen molar-refractivity contribution in [3.63, 3.8) is 0 Å². The maximum Gasteiger partial charge on any atom is 0.573 e. The Morgan fingerprint density at radius 2 is 1.61 bits per heavy atom. The molecule has 4 rings (SSSR count). The van der Waals surface area contributed by atoms with Crippen molar-refractivity contribution in [3.05, 3.63) is 90.2 Å². The summed E-state index contributed by atoms with van der Waals surface area (Å²) in [5.41, 5.74) is 4.49. The number of benzene rings is 1. The van der Waals surface area contributed by atoms with Crippen molar-refractivity contribution < 1.29 is 22.3 Å². The van der Waals surface area contributed by atoms with Crippen LogP contribution in [0.5, 0.6) is 5.75 Å². The van der Waals surface area contributed by atoms with Crippen LogP contribution in [-0.4, -0.2) is 12.9 Å². The van der Waals surface area contributed by atoms with Gasteiger partial charge in [-0.05, 0) is 73.0 Å². The molecule has 174 valence electrons. The van der Waals surface area contributed by atoms with Crippen LogP contribution in [-0.2, 0) is 6.42 Å². The van der Waals surface area contributed by atoms with Gasteiger partial charge in [-0.3, -0.25) is 0 Å². The number of rotatable bonds is 8. The van der Waals surface area contributed by atoms with Gasteiger partial charge in [-0.15, -0.1) is 25.6 Å². The molecule has 0 spiro atoms. The second-order valence-corrected chi connectivity index (χ2v) is 7.69. The van der Waals surface area contributed by atoms with E-state index in [2.05, 4.69) is 47.3 Å². The Labute approximate surface area is 197 Å². The highest BCUT2D eigenvalue weighted by Gasteiger charge is 2.31. The molecule has 1 aromatic heterocycles. The summed E-state index contributed by atoms with van der Waals surface area (Å²) in [6.45, 7) is 3.01. The maximum absolute atomic E-state index is 12.3. The maximum atomic E-state index is 12.3. The fourth-order valence-corrected chi connectivity index (χ4v) is 3.80. The average molecular weight is 476 g/mol. The van der Waals surface area contributed by atoms with Gasteiger partial charge in [-0.25, -0.2) is 0 Å². The first-order chi connectivity index (χ1) is 15.4. The molecule has 33 heavy (non-hydrogen) atoms. The molecule has 0 amide bonds. The summed E-state index contributed by atoms with van der Waals surface area (Å²) in [5.74, 6) is 1.21. The number of hydrogen-bond acceptors (Lipinski definition) is 3. The topological polar surface area (TPSA) is 34.4 Å². The van der Waals surface area contributed by atoms with E-state index in [9.17, 15) is 13.2 Å². The molecule has 0 radical (unpaired) electrons. The summed E-state index contributed by atoms with van der Waals surface area (Å²) in [6.07, 6.45) is -3.02. The molecule has 1 aromatic carbocycles. The van der Waals surface area contributed by atoms with Crippen molar-refractivity contribution in [2.45, 2.75) is 32.2 Å². The molecule has 2 aliphatic rings. The molecule has 0 saturated heterocycles. The summed E-state index contributed by atoms with van der Waals surface area (Å²) in [6, 6.07) is 24.4. The summed E-state index contributed by atoms with van der Waals surface area (Å²) in [7, 11) is 0. The van der Waals surface area contributed by atoms with Gasteiger partial charge >= 0.3 is 6.36 Å². The van der Waals surface area contributed by atoms with Gasteiger partial charge in [0.05, 0.1) is 0 Å². The van der Waals surface area contributed by atoms with E-state index in [4.69, 9.17) is 4.42 Å². The molecule has 0 saturated carbocycles. The number of halogens is 4. The van der Waals surface area contributed by atoms with E-state index in [-0.39, 0.29) is 24.2 Å². The first-order valence-corrected chi connectivity index (χ1v) is 10.5. The van der Waals surface area contributed by atoms with Crippen molar-refractivity contribution in [3.8, 4) is 28.2 Å². The SMILES string of the molecule is CC(NCCCc1ccc(-c2ccc(OC(F)(F)F)cc2)o1)c1ccc2cccccc1-2.Cl. The molecule has 1 heterocycles. The number of alkyl halides is 3. The highest BCUT2D eigenvalue weighted by molar-refractivity contribution is 5.85. The van der Waals surface area contributed by atoms with E-state index < -0.39 is 6.36 Å². The minimum atomic E-state index is -4.70. The van der Waals surface area contributed by atoms with Crippen LogP contribution in [0.1, 0.15) is 30.7 Å². The predicted octanol–water partition coefficient (Wildman–Crippen LogP) is 7.66. The van der Waals surface area contributed by atoms with E-state index in [1.807, 2.05) is 24.3 Å².